The molecule has 90 valence electrons. The van der Waals surface area contributed by atoms with Crippen LogP contribution in [0.3, 0.4) is 0 Å². The third-order valence-corrected chi connectivity index (χ3v) is 1.51. The highest BCUT2D eigenvalue weighted by Crippen LogP contribution is 2.36. The minimum Gasteiger partial charge on any atom is -0.479 e. The largest absolute Gasteiger partial charge is 0.479 e. The zero-order chi connectivity index (χ0) is 12.4. The summed E-state index contributed by atoms with van der Waals surface area (Å²) in [5.41, 5.74) is 0. The number of halogens is 7. The highest BCUT2D eigenvalue weighted by atomic mass is 19.4. The molecule has 0 bridgehead atoms. The quantitative estimate of drug-likeness (QED) is 0.767. The third-order valence-electron chi connectivity index (χ3n) is 1.51. The Labute approximate surface area is 78.7 Å². The average molecular weight is 242 g/mol. The predicted octanol–water partition coefficient (Wildman–Crippen LogP) is 2.19. The van der Waals surface area contributed by atoms with Gasteiger partial charge in [-0.3, -0.25) is 0 Å². The van der Waals surface area contributed by atoms with Gasteiger partial charge in [0.25, 0.3) is 6.43 Å². The maximum absolute atomic E-state index is 12.5. The molecule has 0 aromatic heterocycles. The number of hydrogen-bond acceptors (Lipinski definition) is 1. The van der Waals surface area contributed by atoms with E-state index in [1.54, 1.807) is 0 Å². The number of carboxylic acids is 1. The van der Waals surface area contributed by atoms with Crippen LogP contribution in [0.1, 0.15) is 0 Å². The molecule has 0 amide bonds. The van der Waals surface area contributed by atoms with Gasteiger partial charge in [-0.1, -0.05) is 0 Å². The Hall–Kier alpha value is -1.02. The first-order valence-electron chi connectivity index (χ1n) is 3.44. The van der Waals surface area contributed by atoms with E-state index in [1.165, 1.54) is 0 Å². The van der Waals surface area contributed by atoms with Gasteiger partial charge < -0.3 is 5.11 Å². The Balaban J connectivity index is 4.87. The third kappa shape index (κ3) is 3.56. The Bertz CT molecular complexity index is 226. The van der Waals surface area contributed by atoms with Crippen molar-refractivity contribution in [3.8, 4) is 0 Å². The van der Waals surface area contributed by atoms with Crippen molar-refractivity contribution in [1.29, 1.82) is 0 Å². The van der Waals surface area contributed by atoms with Gasteiger partial charge >= 0.3 is 12.1 Å². The van der Waals surface area contributed by atoms with Crippen molar-refractivity contribution in [2.24, 2.45) is 5.92 Å². The molecule has 0 aliphatic rings. The van der Waals surface area contributed by atoms with Crippen LogP contribution in [0.15, 0.2) is 0 Å². The molecule has 0 spiro atoms. The van der Waals surface area contributed by atoms with Crippen molar-refractivity contribution >= 4 is 5.97 Å². The topological polar surface area (TPSA) is 37.3 Å². The molecule has 0 aromatic rings. The fourth-order valence-electron chi connectivity index (χ4n) is 0.781. The molecule has 3 unspecified atom stereocenters. The van der Waals surface area contributed by atoms with Crippen LogP contribution in [-0.2, 0) is 4.79 Å². The molecule has 0 aliphatic carbocycles. The lowest BCUT2D eigenvalue weighted by molar-refractivity contribution is -0.230. The van der Waals surface area contributed by atoms with Crippen molar-refractivity contribution in [2.45, 2.75) is 24.9 Å². The van der Waals surface area contributed by atoms with Crippen molar-refractivity contribution in [2.75, 3.05) is 0 Å². The molecule has 0 saturated carbocycles. The van der Waals surface area contributed by atoms with E-state index in [1.807, 2.05) is 0 Å². The minimum absolute atomic E-state index is 2.56. The highest BCUT2D eigenvalue weighted by molar-refractivity contribution is 5.72. The van der Waals surface area contributed by atoms with Crippen LogP contribution in [0.5, 0.6) is 0 Å². The van der Waals surface area contributed by atoms with Crippen molar-refractivity contribution < 1.29 is 40.6 Å². The van der Waals surface area contributed by atoms with E-state index >= 15 is 0 Å². The van der Waals surface area contributed by atoms with E-state index < -0.39 is 36.8 Å². The van der Waals surface area contributed by atoms with Gasteiger partial charge in [0, 0.05) is 0 Å². The van der Waals surface area contributed by atoms with E-state index in [2.05, 4.69) is 0 Å². The molecule has 0 saturated heterocycles. The Morgan fingerprint density at radius 1 is 1.07 bits per heavy atom. The highest BCUT2D eigenvalue weighted by Gasteiger charge is 2.55. The van der Waals surface area contributed by atoms with Crippen molar-refractivity contribution in [1.82, 2.24) is 0 Å². The van der Waals surface area contributed by atoms with Crippen LogP contribution >= 0.6 is 0 Å². The summed E-state index contributed by atoms with van der Waals surface area (Å²) in [7, 11) is 0. The van der Waals surface area contributed by atoms with E-state index in [-0.39, 0.29) is 0 Å². The fourth-order valence-corrected chi connectivity index (χ4v) is 0.781. The summed E-state index contributed by atoms with van der Waals surface area (Å²) < 4.78 is 83.6. The zero-order valence-electron chi connectivity index (χ0n) is 6.81. The van der Waals surface area contributed by atoms with Crippen LogP contribution in [0.2, 0.25) is 0 Å². The molecular weight excluding hydrogens is 237 g/mol. The summed E-state index contributed by atoms with van der Waals surface area (Å²) in [6.07, 6.45) is -17.4. The predicted molar refractivity (Wildman–Crippen MR) is 33.0 cm³/mol. The van der Waals surface area contributed by atoms with Crippen molar-refractivity contribution in [3.63, 3.8) is 0 Å². The van der Waals surface area contributed by atoms with Crippen LogP contribution < -0.4 is 0 Å². The van der Waals surface area contributed by atoms with Gasteiger partial charge in [-0.25, -0.2) is 22.4 Å². The summed E-state index contributed by atoms with van der Waals surface area (Å²) in [5.74, 6) is -6.50. The van der Waals surface area contributed by atoms with Crippen LogP contribution in [-0.4, -0.2) is 36.0 Å². The Morgan fingerprint density at radius 3 is 1.67 bits per heavy atom. The number of rotatable bonds is 4. The van der Waals surface area contributed by atoms with Gasteiger partial charge in [0.05, 0.1) is 0 Å². The fraction of sp³-hybridized carbons (Fsp3) is 0.833. The molecule has 2 nitrogen and oxygen atoms in total. The van der Waals surface area contributed by atoms with Gasteiger partial charge in [0.1, 0.15) is 5.92 Å². The first-order chi connectivity index (χ1) is 6.59. The number of alkyl halides is 7. The number of aliphatic carboxylic acids is 1. The Kier molecular flexibility index (Phi) is 4.35. The number of carboxylic acid groups (broad SMARTS) is 1. The second kappa shape index (κ2) is 4.67. The van der Waals surface area contributed by atoms with Gasteiger partial charge in [0.2, 0.25) is 6.17 Å². The first kappa shape index (κ1) is 14.0. The van der Waals surface area contributed by atoms with Crippen LogP contribution in [0.4, 0.5) is 30.7 Å². The molecule has 1 N–H and O–H groups in total. The van der Waals surface area contributed by atoms with Gasteiger partial charge in [-0.15, -0.1) is 0 Å². The molecule has 0 radical (unpaired) electrons. The number of hydrogen-bond donors (Lipinski definition) is 1. The SMILES string of the molecule is O=C(O)C(F)C(F)C(C(F)F)C(F)(F)F. The maximum atomic E-state index is 12.5. The standard InChI is InChI=1S/C6H5F7O2/c7-2(3(8)5(14)15)1(4(9)10)6(11,12)13/h1-4H,(H,14,15). The monoisotopic (exact) mass is 242 g/mol. The molecule has 0 aromatic carbocycles. The summed E-state index contributed by atoms with van der Waals surface area (Å²) in [4.78, 5) is 9.77. The second-order valence-electron chi connectivity index (χ2n) is 2.59. The van der Waals surface area contributed by atoms with E-state index in [4.69, 9.17) is 5.11 Å². The average Bonchev–Trinajstić information content (AvgIpc) is 1.98. The molecular formula is C6H5F7O2. The smallest absolute Gasteiger partial charge is 0.400 e. The van der Waals surface area contributed by atoms with Crippen LogP contribution in [0.25, 0.3) is 0 Å². The maximum Gasteiger partial charge on any atom is 0.400 e. The lowest BCUT2D eigenvalue weighted by Crippen LogP contribution is -2.44. The lowest BCUT2D eigenvalue weighted by Gasteiger charge is -2.23. The van der Waals surface area contributed by atoms with Gasteiger partial charge in [0.15, 0.2) is 6.17 Å². The van der Waals surface area contributed by atoms with E-state index in [0.29, 0.717) is 0 Å². The lowest BCUT2D eigenvalue weighted by atomic mass is 10.00. The summed E-state index contributed by atoms with van der Waals surface area (Å²) >= 11 is 0. The number of carbonyl (C=O) groups is 1. The van der Waals surface area contributed by atoms with Crippen LogP contribution in [0, 0.1) is 5.92 Å². The molecule has 15 heavy (non-hydrogen) atoms. The summed E-state index contributed by atoms with van der Waals surface area (Å²) in [6, 6.07) is 0. The first-order valence-corrected chi connectivity index (χ1v) is 3.44. The summed E-state index contributed by atoms with van der Waals surface area (Å²) in [6.45, 7) is 0. The second-order valence-corrected chi connectivity index (χ2v) is 2.59. The Morgan fingerprint density at radius 2 is 1.47 bits per heavy atom. The minimum atomic E-state index is -5.70. The molecule has 3 atom stereocenters. The van der Waals surface area contributed by atoms with Gasteiger partial charge in [-0.2, -0.15) is 13.2 Å². The van der Waals surface area contributed by atoms with Crippen molar-refractivity contribution in [3.05, 3.63) is 0 Å². The molecule has 0 heterocycles. The van der Waals surface area contributed by atoms with Gasteiger partial charge in [-0.05, 0) is 0 Å². The summed E-state index contributed by atoms with van der Waals surface area (Å²) in [5, 5.41) is 7.82. The molecule has 0 fully saturated rings. The molecule has 0 aliphatic heterocycles. The normalized spacial score (nSPS) is 18.7. The van der Waals surface area contributed by atoms with E-state index in [9.17, 15) is 35.5 Å². The zero-order valence-corrected chi connectivity index (χ0v) is 6.81. The molecule has 0 rings (SSSR count). The van der Waals surface area contributed by atoms with E-state index in [0.717, 1.165) is 0 Å². The molecule has 9 heteroatoms.